The van der Waals surface area contributed by atoms with E-state index in [1.807, 2.05) is 66.7 Å². The molecular weight excluding hydrogens is 452 g/mol. The second-order valence-electron chi connectivity index (χ2n) is 6.50. The molecule has 0 spiro atoms. The second kappa shape index (κ2) is 10.2. The molecule has 8 heteroatoms. The van der Waals surface area contributed by atoms with Gasteiger partial charge in [-0.05, 0) is 60.3 Å². The molecule has 0 atom stereocenters. The third-order valence-corrected chi connectivity index (χ3v) is 6.48. The summed E-state index contributed by atoms with van der Waals surface area (Å²) < 4.78 is 11.1. The summed E-state index contributed by atoms with van der Waals surface area (Å²) in [5, 5.41) is 2.05. The van der Waals surface area contributed by atoms with Crippen LogP contribution in [-0.4, -0.2) is 36.2 Å². The molecule has 158 valence electrons. The molecule has 1 aromatic heterocycles. The predicted octanol–water partition coefficient (Wildman–Crippen LogP) is 6.33. The van der Waals surface area contributed by atoms with E-state index in [1.165, 1.54) is 23.5 Å². The zero-order valence-corrected chi connectivity index (χ0v) is 19.0. The lowest BCUT2D eigenvalue weighted by molar-refractivity contribution is -0.122. The summed E-state index contributed by atoms with van der Waals surface area (Å²) in [4.78, 5) is 20.9. The van der Waals surface area contributed by atoms with Crippen LogP contribution in [0, 0.1) is 0 Å². The first kappa shape index (κ1) is 21.8. The summed E-state index contributed by atoms with van der Waals surface area (Å²) in [5.74, 6) is 0.500. The van der Waals surface area contributed by atoms with E-state index >= 15 is 0 Å². The summed E-state index contributed by atoms with van der Waals surface area (Å²) in [5.41, 5.74) is 0.793. The highest BCUT2D eigenvalue weighted by Gasteiger charge is 2.33. The minimum atomic E-state index is -0.111. The molecule has 1 aliphatic heterocycles. The summed E-state index contributed by atoms with van der Waals surface area (Å²) in [7, 11) is 1.61. The van der Waals surface area contributed by atoms with E-state index < -0.39 is 0 Å². The van der Waals surface area contributed by atoms with Crippen LogP contribution >= 0.6 is 35.1 Å². The number of hydrogen-bond acceptors (Lipinski definition) is 6. The lowest BCUT2D eigenvalue weighted by Crippen LogP contribution is -2.32. The number of benzene rings is 2. The summed E-state index contributed by atoms with van der Waals surface area (Å²) in [6, 6.07) is 20.9. The van der Waals surface area contributed by atoms with Gasteiger partial charge in [0.1, 0.15) is 5.76 Å². The maximum Gasteiger partial charge on any atom is 0.266 e. The number of furan rings is 1. The third kappa shape index (κ3) is 5.62. The van der Waals surface area contributed by atoms with E-state index in [9.17, 15) is 4.79 Å². The Hall–Kier alpha value is -2.45. The van der Waals surface area contributed by atoms with Gasteiger partial charge in [-0.2, -0.15) is 0 Å². The minimum Gasteiger partial charge on any atom is -0.450 e. The normalized spacial score (nSPS) is 16.6. The van der Waals surface area contributed by atoms with Crippen molar-refractivity contribution >= 4 is 58.0 Å². The molecule has 5 nitrogen and oxygen atoms in total. The van der Waals surface area contributed by atoms with Gasteiger partial charge in [0, 0.05) is 23.1 Å². The van der Waals surface area contributed by atoms with Gasteiger partial charge in [0.15, 0.2) is 10.3 Å². The first-order valence-corrected chi connectivity index (χ1v) is 11.5. The Morgan fingerprint density at radius 1 is 1.13 bits per heavy atom. The fourth-order valence-electron chi connectivity index (χ4n) is 2.80. The minimum absolute atomic E-state index is 0.111. The van der Waals surface area contributed by atoms with Crippen LogP contribution in [0.15, 0.2) is 91.0 Å². The van der Waals surface area contributed by atoms with Gasteiger partial charge in [-0.25, -0.2) is 4.99 Å². The van der Waals surface area contributed by atoms with Gasteiger partial charge in [0.2, 0.25) is 0 Å². The average Bonchev–Trinajstić information content (AvgIpc) is 3.33. The number of halogens is 1. The molecule has 1 amide bonds. The molecule has 0 unspecified atom stereocenters. The van der Waals surface area contributed by atoms with Crippen molar-refractivity contribution in [2.24, 2.45) is 4.99 Å². The van der Waals surface area contributed by atoms with Gasteiger partial charge in [0.05, 0.1) is 23.7 Å². The first-order valence-electron chi connectivity index (χ1n) is 9.50. The Labute approximate surface area is 194 Å². The Bertz CT molecular complexity index is 1110. The van der Waals surface area contributed by atoms with Gasteiger partial charge in [0.25, 0.3) is 5.91 Å². The van der Waals surface area contributed by atoms with Crippen molar-refractivity contribution in [3.63, 3.8) is 0 Å². The molecule has 3 aromatic rings. The number of para-hydroxylation sites is 1. The van der Waals surface area contributed by atoms with Crippen molar-refractivity contribution in [1.29, 1.82) is 0 Å². The van der Waals surface area contributed by atoms with Crippen LogP contribution in [0.2, 0.25) is 5.02 Å². The summed E-state index contributed by atoms with van der Waals surface area (Å²) in [6.45, 7) is 0.858. The molecule has 0 bridgehead atoms. The number of aliphatic imine (C=N–C) groups is 1. The van der Waals surface area contributed by atoms with Crippen LogP contribution in [0.3, 0.4) is 0 Å². The van der Waals surface area contributed by atoms with Gasteiger partial charge in [-0.1, -0.05) is 41.6 Å². The summed E-state index contributed by atoms with van der Waals surface area (Å²) >= 11 is 8.76. The zero-order valence-electron chi connectivity index (χ0n) is 16.7. The number of amidine groups is 1. The van der Waals surface area contributed by atoms with Gasteiger partial charge >= 0.3 is 0 Å². The van der Waals surface area contributed by atoms with Gasteiger partial charge in [-0.3, -0.25) is 9.69 Å². The van der Waals surface area contributed by atoms with Crippen LogP contribution < -0.4 is 0 Å². The number of methoxy groups -OCH3 is 1. The van der Waals surface area contributed by atoms with Crippen LogP contribution in [0.4, 0.5) is 5.69 Å². The first-order chi connectivity index (χ1) is 15.1. The Balaban J connectivity index is 1.54. The van der Waals surface area contributed by atoms with E-state index in [0.717, 1.165) is 15.7 Å². The zero-order chi connectivity index (χ0) is 21.6. The molecule has 1 saturated heterocycles. The number of amides is 1. The number of carbonyl (C=O) groups excluding carboxylic acids is 1. The van der Waals surface area contributed by atoms with Crippen LogP contribution in [0.5, 0.6) is 0 Å². The third-order valence-electron chi connectivity index (χ3n) is 4.30. The van der Waals surface area contributed by atoms with Gasteiger partial charge < -0.3 is 9.15 Å². The topological polar surface area (TPSA) is 55.0 Å². The van der Waals surface area contributed by atoms with Crippen molar-refractivity contribution in [2.45, 2.75) is 9.99 Å². The van der Waals surface area contributed by atoms with Crippen LogP contribution in [0.1, 0.15) is 5.76 Å². The average molecular weight is 471 g/mol. The Morgan fingerprint density at radius 2 is 1.90 bits per heavy atom. The SMILES string of the molecule is COCCN1C(=O)C(=Cc2ccc(Sc3ccc(Cl)cc3)o2)SC1=Nc1ccccc1. The molecule has 0 aliphatic carbocycles. The molecule has 1 fully saturated rings. The Kier molecular flexibility index (Phi) is 7.19. The van der Waals surface area contributed by atoms with Crippen molar-refractivity contribution in [2.75, 3.05) is 20.3 Å². The largest absolute Gasteiger partial charge is 0.450 e. The molecule has 0 radical (unpaired) electrons. The quantitative estimate of drug-likeness (QED) is 0.377. The van der Waals surface area contributed by atoms with Crippen molar-refractivity contribution < 1.29 is 13.9 Å². The highest BCUT2D eigenvalue weighted by Crippen LogP contribution is 2.36. The lowest BCUT2D eigenvalue weighted by atomic mass is 10.3. The van der Waals surface area contributed by atoms with Crippen molar-refractivity contribution in [3.8, 4) is 0 Å². The molecule has 0 saturated carbocycles. The molecular formula is C23H19ClN2O3S2. The predicted molar refractivity (Wildman–Crippen MR) is 127 cm³/mol. The fraction of sp³-hybridized carbons (Fsp3) is 0.130. The van der Waals surface area contributed by atoms with E-state index in [-0.39, 0.29) is 5.91 Å². The maximum atomic E-state index is 13.0. The van der Waals surface area contributed by atoms with Crippen molar-refractivity contribution in [3.05, 3.63) is 82.4 Å². The Morgan fingerprint density at radius 3 is 2.65 bits per heavy atom. The standard InChI is InChI=1S/C23H19ClN2O3S2/c1-28-14-13-26-22(27)20(31-23(26)25-17-5-3-2-4-6-17)15-18-9-12-21(29-18)30-19-10-7-16(24)8-11-19/h2-12,15H,13-14H2,1H3. The number of rotatable bonds is 7. The smallest absolute Gasteiger partial charge is 0.266 e. The molecule has 0 N–H and O–H groups in total. The maximum absolute atomic E-state index is 13.0. The highest BCUT2D eigenvalue weighted by atomic mass is 35.5. The molecule has 31 heavy (non-hydrogen) atoms. The second-order valence-corrected chi connectivity index (χ2v) is 9.03. The van der Waals surface area contributed by atoms with Crippen molar-refractivity contribution in [1.82, 2.24) is 4.90 Å². The molecule has 2 aromatic carbocycles. The van der Waals surface area contributed by atoms with Crippen LogP contribution in [-0.2, 0) is 9.53 Å². The highest BCUT2D eigenvalue weighted by molar-refractivity contribution is 8.18. The number of hydrogen-bond donors (Lipinski definition) is 0. The number of thioether (sulfide) groups is 1. The molecule has 2 heterocycles. The van der Waals surface area contributed by atoms with E-state index in [2.05, 4.69) is 4.99 Å². The lowest BCUT2D eigenvalue weighted by Gasteiger charge is -2.14. The fourth-order valence-corrected chi connectivity index (χ4v) is 4.71. The van der Waals surface area contributed by atoms with Gasteiger partial charge in [-0.15, -0.1) is 0 Å². The number of carbonyl (C=O) groups is 1. The van der Waals surface area contributed by atoms with E-state index in [4.69, 9.17) is 20.8 Å². The number of nitrogens with zero attached hydrogens (tertiary/aromatic N) is 2. The molecule has 4 rings (SSSR count). The van der Waals surface area contributed by atoms with Crippen LogP contribution in [0.25, 0.3) is 6.08 Å². The molecule has 1 aliphatic rings. The van der Waals surface area contributed by atoms with E-state index in [1.54, 1.807) is 18.1 Å². The monoisotopic (exact) mass is 470 g/mol. The number of ether oxygens (including phenoxy) is 1. The van der Waals surface area contributed by atoms with E-state index in [0.29, 0.717) is 34.0 Å². The summed E-state index contributed by atoms with van der Waals surface area (Å²) in [6.07, 6.45) is 1.76.